The van der Waals surface area contributed by atoms with Crippen LogP contribution < -0.4 is 10.1 Å². The SMILES string of the molecule is c1ccc(-c2c(-c3ccc(OCCN4CCCC4)cc3)oc3nccc(NC[C@@H]4CCCO4)c23)cc1. The fourth-order valence-electron chi connectivity index (χ4n) is 5.28. The third kappa shape index (κ3) is 4.97. The van der Waals surface area contributed by atoms with E-state index in [0.717, 1.165) is 71.8 Å². The summed E-state index contributed by atoms with van der Waals surface area (Å²) in [7, 11) is 0. The van der Waals surface area contributed by atoms with Crippen molar-refractivity contribution in [3.8, 4) is 28.2 Å². The molecule has 2 aromatic carbocycles. The van der Waals surface area contributed by atoms with Gasteiger partial charge in [0.15, 0.2) is 0 Å². The summed E-state index contributed by atoms with van der Waals surface area (Å²) >= 11 is 0. The Labute approximate surface area is 212 Å². The summed E-state index contributed by atoms with van der Waals surface area (Å²) in [5, 5.41) is 4.61. The normalized spacial score (nSPS) is 18.2. The van der Waals surface area contributed by atoms with Crippen molar-refractivity contribution < 1.29 is 13.9 Å². The minimum atomic E-state index is 0.248. The minimum absolute atomic E-state index is 0.248. The monoisotopic (exact) mass is 483 g/mol. The molecule has 0 amide bonds. The number of furan rings is 1. The number of hydrogen-bond acceptors (Lipinski definition) is 6. The summed E-state index contributed by atoms with van der Waals surface area (Å²) < 4.78 is 18.3. The summed E-state index contributed by atoms with van der Waals surface area (Å²) in [6.07, 6.45) is 6.88. The molecule has 2 aliphatic heterocycles. The first-order chi connectivity index (χ1) is 17.8. The Balaban J connectivity index is 1.30. The molecule has 2 aliphatic rings. The van der Waals surface area contributed by atoms with E-state index in [0.29, 0.717) is 12.3 Å². The van der Waals surface area contributed by atoms with Gasteiger partial charge < -0.3 is 19.2 Å². The third-order valence-corrected chi connectivity index (χ3v) is 7.19. The van der Waals surface area contributed by atoms with Gasteiger partial charge in [-0.2, -0.15) is 0 Å². The molecule has 0 bridgehead atoms. The van der Waals surface area contributed by atoms with E-state index in [4.69, 9.17) is 13.9 Å². The molecule has 186 valence electrons. The maximum absolute atomic E-state index is 6.41. The van der Waals surface area contributed by atoms with Gasteiger partial charge >= 0.3 is 0 Å². The van der Waals surface area contributed by atoms with Crippen LogP contribution in [0.25, 0.3) is 33.6 Å². The molecule has 0 radical (unpaired) electrons. The number of aromatic nitrogens is 1. The van der Waals surface area contributed by atoms with E-state index in [1.54, 1.807) is 6.20 Å². The Kier molecular flexibility index (Phi) is 6.87. The second kappa shape index (κ2) is 10.7. The number of nitrogens with zero attached hydrogens (tertiary/aromatic N) is 2. The lowest BCUT2D eigenvalue weighted by molar-refractivity contribution is 0.120. The number of pyridine rings is 1. The fourth-order valence-corrected chi connectivity index (χ4v) is 5.28. The summed E-state index contributed by atoms with van der Waals surface area (Å²) in [4.78, 5) is 7.05. The summed E-state index contributed by atoms with van der Waals surface area (Å²) in [6.45, 7) is 5.70. The lowest BCUT2D eigenvalue weighted by Gasteiger charge is -2.15. The van der Waals surface area contributed by atoms with Crippen LogP contribution in [0.15, 0.2) is 71.3 Å². The van der Waals surface area contributed by atoms with E-state index < -0.39 is 0 Å². The molecule has 1 N–H and O–H groups in total. The Morgan fingerprint density at radius 1 is 0.944 bits per heavy atom. The predicted octanol–water partition coefficient (Wildman–Crippen LogP) is 6.23. The number of anilines is 1. The highest BCUT2D eigenvalue weighted by molar-refractivity contribution is 6.06. The van der Waals surface area contributed by atoms with Crippen LogP contribution in [-0.4, -0.2) is 55.4 Å². The fraction of sp³-hybridized carbons (Fsp3) is 0.367. The number of likely N-dealkylation sites (tertiary alicyclic amines) is 1. The number of benzene rings is 2. The highest BCUT2D eigenvalue weighted by Gasteiger charge is 2.22. The molecule has 6 nitrogen and oxygen atoms in total. The highest BCUT2D eigenvalue weighted by atomic mass is 16.5. The number of hydrogen-bond donors (Lipinski definition) is 1. The predicted molar refractivity (Wildman–Crippen MR) is 144 cm³/mol. The van der Waals surface area contributed by atoms with Gasteiger partial charge in [-0.25, -0.2) is 4.98 Å². The topological polar surface area (TPSA) is 59.8 Å². The van der Waals surface area contributed by atoms with Gasteiger partial charge in [0.05, 0.1) is 11.5 Å². The molecule has 4 aromatic rings. The highest BCUT2D eigenvalue weighted by Crippen LogP contribution is 2.43. The van der Waals surface area contributed by atoms with Crippen molar-refractivity contribution >= 4 is 16.8 Å². The molecule has 6 rings (SSSR count). The molecule has 2 fully saturated rings. The van der Waals surface area contributed by atoms with E-state index >= 15 is 0 Å². The lowest BCUT2D eigenvalue weighted by atomic mass is 9.98. The molecule has 2 aromatic heterocycles. The maximum atomic E-state index is 6.41. The second-order valence-electron chi connectivity index (χ2n) is 9.65. The molecule has 1 atom stereocenters. The van der Waals surface area contributed by atoms with Gasteiger partial charge in [0.2, 0.25) is 5.71 Å². The van der Waals surface area contributed by atoms with Gasteiger partial charge in [-0.15, -0.1) is 0 Å². The van der Waals surface area contributed by atoms with Crippen molar-refractivity contribution in [1.29, 1.82) is 0 Å². The van der Waals surface area contributed by atoms with Gasteiger partial charge in [-0.05, 0) is 74.7 Å². The van der Waals surface area contributed by atoms with Crippen molar-refractivity contribution in [3.63, 3.8) is 0 Å². The first kappa shape index (κ1) is 23.1. The first-order valence-electron chi connectivity index (χ1n) is 13.1. The Morgan fingerprint density at radius 3 is 2.56 bits per heavy atom. The average molecular weight is 484 g/mol. The number of nitrogens with one attached hydrogen (secondary N) is 1. The zero-order valence-electron chi connectivity index (χ0n) is 20.6. The molecule has 6 heteroatoms. The lowest BCUT2D eigenvalue weighted by Crippen LogP contribution is -2.25. The van der Waals surface area contributed by atoms with Crippen molar-refractivity contribution in [2.24, 2.45) is 0 Å². The van der Waals surface area contributed by atoms with Crippen LogP contribution >= 0.6 is 0 Å². The minimum Gasteiger partial charge on any atom is -0.492 e. The number of ether oxygens (including phenoxy) is 2. The number of rotatable bonds is 9. The first-order valence-corrected chi connectivity index (χ1v) is 13.1. The zero-order valence-corrected chi connectivity index (χ0v) is 20.6. The summed E-state index contributed by atoms with van der Waals surface area (Å²) in [5.41, 5.74) is 4.81. The molecule has 36 heavy (non-hydrogen) atoms. The molecular formula is C30H33N3O3. The van der Waals surface area contributed by atoms with Crippen LogP contribution in [0.3, 0.4) is 0 Å². The smallest absolute Gasteiger partial charge is 0.229 e. The van der Waals surface area contributed by atoms with E-state index in [-0.39, 0.29) is 6.10 Å². The molecular weight excluding hydrogens is 450 g/mol. The maximum Gasteiger partial charge on any atom is 0.229 e. The van der Waals surface area contributed by atoms with Gasteiger partial charge in [0.25, 0.3) is 0 Å². The third-order valence-electron chi connectivity index (χ3n) is 7.19. The quantitative estimate of drug-likeness (QED) is 0.305. The summed E-state index contributed by atoms with van der Waals surface area (Å²) in [5.74, 6) is 1.70. The van der Waals surface area contributed by atoms with Crippen molar-refractivity contribution in [1.82, 2.24) is 9.88 Å². The van der Waals surface area contributed by atoms with Crippen LogP contribution in [0.5, 0.6) is 5.75 Å². The van der Waals surface area contributed by atoms with E-state index in [1.807, 2.05) is 24.3 Å². The van der Waals surface area contributed by atoms with E-state index in [2.05, 4.69) is 51.6 Å². The van der Waals surface area contributed by atoms with E-state index in [1.165, 1.54) is 25.9 Å². The summed E-state index contributed by atoms with van der Waals surface area (Å²) in [6, 6.07) is 20.7. The van der Waals surface area contributed by atoms with Gasteiger partial charge in [-0.1, -0.05) is 30.3 Å². The van der Waals surface area contributed by atoms with Crippen molar-refractivity contribution in [2.45, 2.75) is 31.8 Å². The molecule has 0 saturated carbocycles. The Morgan fingerprint density at radius 2 is 1.78 bits per heavy atom. The van der Waals surface area contributed by atoms with Gasteiger partial charge in [0.1, 0.15) is 18.1 Å². The van der Waals surface area contributed by atoms with Crippen LogP contribution in [0.2, 0.25) is 0 Å². The van der Waals surface area contributed by atoms with Crippen molar-refractivity contribution in [3.05, 3.63) is 66.9 Å². The number of fused-ring (bicyclic) bond motifs is 1. The van der Waals surface area contributed by atoms with Crippen LogP contribution in [0.4, 0.5) is 5.69 Å². The standard InChI is InChI=1S/C30H33N3O3/c1-2-7-22(8-3-1)27-28-26(32-21-25-9-6-19-34-25)14-15-31-30(28)36-29(27)23-10-12-24(13-11-23)35-20-18-33-16-4-5-17-33/h1-3,7-8,10-15,25H,4-6,9,16-21H2,(H,31,32)/t25-/m0/s1. The van der Waals surface area contributed by atoms with Crippen LogP contribution in [-0.2, 0) is 4.74 Å². The van der Waals surface area contributed by atoms with Crippen LogP contribution in [0, 0.1) is 0 Å². The Hall–Kier alpha value is -3.35. The second-order valence-corrected chi connectivity index (χ2v) is 9.65. The van der Waals surface area contributed by atoms with Crippen LogP contribution in [0.1, 0.15) is 25.7 Å². The Bertz CT molecular complexity index is 1270. The molecule has 0 unspecified atom stereocenters. The molecule has 0 spiro atoms. The van der Waals surface area contributed by atoms with Gasteiger partial charge in [0, 0.05) is 42.7 Å². The van der Waals surface area contributed by atoms with Crippen molar-refractivity contribution in [2.75, 3.05) is 44.7 Å². The average Bonchev–Trinajstić information content (AvgIpc) is 3.70. The largest absolute Gasteiger partial charge is 0.492 e. The van der Waals surface area contributed by atoms with Gasteiger partial charge in [-0.3, -0.25) is 4.90 Å². The molecule has 4 heterocycles. The molecule has 2 saturated heterocycles. The van der Waals surface area contributed by atoms with E-state index in [9.17, 15) is 0 Å². The zero-order chi connectivity index (χ0) is 24.2. The molecule has 0 aliphatic carbocycles.